The van der Waals surface area contributed by atoms with Crippen molar-refractivity contribution in [3.8, 4) is 0 Å². The van der Waals surface area contributed by atoms with Gasteiger partial charge in [0.05, 0.1) is 11.9 Å². The molecule has 0 saturated carbocycles. The summed E-state index contributed by atoms with van der Waals surface area (Å²) in [5, 5.41) is 7.64. The first kappa shape index (κ1) is 16.5. The van der Waals surface area contributed by atoms with E-state index >= 15 is 0 Å². The highest BCUT2D eigenvalue weighted by atomic mass is 79.9. The fourth-order valence-electron chi connectivity index (χ4n) is 2.60. The van der Waals surface area contributed by atoms with Gasteiger partial charge in [-0.2, -0.15) is 5.10 Å². The fourth-order valence-corrected chi connectivity index (χ4v) is 3.05. The minimum absolute atomic E-state index is 0.0598. The van der Waals surface area contributed by atoms with Crippen molar-refractivity contribution in [3.05, 3.63) is 21.0 Å². The van der Waals surface area contributed by atoms with E-state index in [0.29, 0.717) is 11.0 Å². The summed E-state index contributed by atoms with van der Waals surface area (Å²) in [7, 11) is 2.17. The molecule has 1 saturated heterocycles. The van der Waals surface area contributed by atoms with Crippen LogP contribution in [-0.4, -0.2) is 41.4 Å². The number of hydrogen-bond acceptors (Lipinski definition) is 4. The second kappa shape index (κ2) is 6.92. The maximum atomic E-state index is 12.2. The van der Waals surface area contributed by atoms with Crippen LogP contribution in [0.2, 0.25) is 0 Å². The van der Waals surface area contributed by atoms with Crippen molar-refractivity contribution in [2.75, 3.05) is 32.0 Å². The molecule has 0 spiro atoms. The smallest absolute Gasteiger partial charge is 0.283 e. The number of likely N-dealkylation sites (tertiary alicyclic amines) is 1. The quantitative estimate of drug-likeness (QED) is 0.880. The molecule has 0 radical (unpaired) electrons. The summed E-state index contributed by atoms with van der Waals surface area (Å²) in [5.41, 5.74) is 1.02. The fraction of sp³-hybridized carbons (Fsp3) is 0.733. The minimum Gasteiger partial charge on any atom is -0.382 e. The van der Waals surface area contributed by atoms with Crippen LogP contribution in [0.4, 0.5) is 5.69 Å². The van der Waals surface area contributed by atoms with Gasteiger partial charge in [0.15, 0.2) is 0 Å². The number of aryl methyl sites for hydroxylation is 1. The predicted molar refractivity (Wildman–Crippen MR) is 89.8 cm³/mol. The maximum absolute atomic E-state index is 12.2. The van der Waals surface area contributed by atoms with Crippen LogP contribution in [-0.2, 0) is 6.54 Å². The Kier molecular flexibility index (Phi) is 5.43. The van der Waals surface area contributed by atoms with E-state index in [1.165, 1.54) is 17.5 Å². The summed E-state index contributed by atoms with van der Waals surface area (Å²) in [6, 6.07) is 0. The molecule has 2 rings (SSSR count). The molecule has 1 aromatic rings. The number of halogens is 1. The SMILES string of the molecule is CCCn1ncc(NCC2(C)CCN(C)CC2)c(Br)c1=O. The van der Waals surface area contributed by atoms with Gasteiger partial charge < -0.3 is 10.2 Å². The molecule has 1 aliphatic heterocycles. The third kappa shape index (κ3) is 4.07. The molecular weight excluding hydrogens is 332 g/mol. The Labute approximate surface area is 134 Å². The van der Waals surface area contributed by atoms with Crippen molar-refractivity contribution >= 4 is 21.6 Å². The first-order chi connectivity index (χ1) is 9.95. The number of hydrogen-bond donors (Lipinski definition) is 1. The van der Waals surface area contributed by atoms with E-state index in [0.717, 1.165) is 31.7 Å². The van der Waals surface area contributed by atoms with Gasteiger partial charge in [-0.15, -0.1) is 0 Å². The second-order valence-electron chi connectivity index (χ2n) is 6.37. The van der Waals surface area contributed by atoms with Crippen LogP contribution < -0.4 is 10.9 Å². The van der Waals surface area contributed by atoms with E-state index in [1.54, 1.807) is 6.20 Å². The van der Waals surface area contributed by atoms with Gasteiger partial charge in [-0.25, -0.2) is 4.68 Å². The summed E-state index contributed by atoms with van der Waals surface area (Å²) < 4.78 is 2.09. The Hall–Kier alpha value is -0.880. The monoisotopic (exact) mass is 356 g/mol. The normalized spacial score (nSPS) is 18.7. The molecule has 0 unspecified atom stereocenters. The largest absolute Gasteiger partial charge is 0.382 e. The van der Waals surface area contributed by atoms with E-state index in [2.05, 4.69) is 45.2 Å². The Morgan fingerprint density at radius 1 is 1.43 bits per heavy atom. The molecule has 1 aromatic heterocycles. The number of nitrogens with one attached hydrogen (secondary N) is 1. The average molecular weight is 357 g/mol. The first-order valence-electron chi connectivity index (χ1n) is 7.63. The van der Waals surface area contributed by atoms with Gasteiger partial charge in [0.2, 0.25) is 0 Å². The van der Waals surface area contributed by atoms with Gasteiger partial charge in [0.25, 0.3) is 5.56 Å². The lowest BCUT2D eigenvalue weighted by molar-refractivity contribution is 0.150. The molecule has 6 heteroatoms. The van der Waals surface area contributed by atoms with Crippen LogP contribution in [0.25, 0.3) is 0 Å². The van der Waals surface area contributed by atoms with Crippen molar-refractivity contribution < 1.29 is 0 Å². The lowest BCUT2D eigenvalue weighted by atomic mass is 9.80. The van der Waals surface area contributed by atoms with Crippen molar-refractivity contribution in [3.63, 3.8) is 0 Å². The van der Waals surface area contributed by atoms with E-state index in [1.807, 2.05) is 6.92 Å². The van der Waals surface area contributed by atoms with Crippen molar-refractivity contribution in [1.82, 2.24) is 14.7 Å². The third-order valence-electron chi connectivity index (χ3n) is 4.32. The number of rotatable bonds is 5. The molecule has 118 valence electrons. The standard InChI is InChI=1S/C15H25BrN4O/c1-4-7-20-14(21)13(16)12(10-18-20)17-11-15(2)5-8-19(3)9-6-15/h10,17H,4-9,11H2,1-3H3. The Bertz CT molecular complexity index is 535. The van der Waals surface area contributed by atoms with E-state index < -0.39 is 0 Å². The molecule has 0 amide bonds. The average Bonchev–Trinajstić information content (AvgIpc) is 2.47. The zero-order valence-electron chi connectivity index (χ0n) is 13.2. The molecule has 2 heterocycles. The van der Waals surface area contributed by atoms with Crippen molar-refractivity contribution in [1.29, 1.82) is 0 Å². The van der Waals surface area contributed by atoms with Crippen molar-refractivity contribution in [2.24, 2.45) is 5.41 Å². The molecule has 21 heavy (non-hydrogen) atoms. The van der Waals surface area contributed by atoms with Gasteiger partial charge in [-0.1, -0.05) is 13.8 Å². The second-order valence-corrected chi connectivity index (χ2v) is 7.16. The van der Waals surface area contributed by atoms with E-state index in [-0.39, 0.29) is 11.0 Å². The van der Waals surface area contributed by atoms with Crippen LogP contribution >= 0.6 is 15.9 Å². The summed E-state index contributed by atoms with van der Waals surface area (Å²) in [5.74, 6) is 0. The maximum Gasteiger partial charge on any atom is 0.283 e. The Balaban J connectivity index is 2.03. The molecule has 0 aliphatic carbocycles. The first-order valence-corrected chi connectivity index (χ1v) is 8.42. The highest BCUT2D eigenvalue weighted by Crippen LogP contribution is 2.31. The van der Waals surface area contributed by atoms with Gasteiger partial charge >= 0.3 is 0 Å². The number of piperidine rings is 1. The number of anilines is 1. The summed E-state index contributed by atoms with van der Waals surface area (Å²) in [6.07, 6.45) is 5.00. The van der Waals surface area contributed by atoms with Gasteiger partial charge in [-0.05, 0) is 60.7 Å². The van der Waals surface area contributed by atoms with Gasteiger partial charge in [-0.3, -0.25) is 4.79 Å². The summed E-state index contributed by atoms with van der Waals surface area (Å²) in [6.45, 7) is 8.15. The highest BCUT2D eigenvalue weighted by molar-refractivity contribution is 9.10. The number of aromatic nitrogens is 2. The van der Waals surface area contributed by atoms with Crippen molar-refractivity contribution in [2.45, 2.75) is 39.7 Å². The van der Waals surface area contributed by atoms with E-state index in [4.69, 9.17) is 0 Å². The topological polar surface area (TPSA) is 50.2 Å². The van der Waals surface area contributed by atoms with Crippen LogP contribution in [0, 0.1) is 5.41 Å². The van der Waals surface area contributed by atoms with E-state index in [9.17, 15) is 4.79 Å². The van der Waals surface area contributed by atoms with Crippen LogP contribution in [0.5, 0.6) is 0 Å². The number of nitrogens with zero attached hydrogens (tertiary/aromatic N) is 3. The lowest BCUT2D eigenvalue weighted by Crippen LogP contribution is -2.40. The molecule has 0 aromatic carbocycles. The van der Waals surface area contributed by atoms with Gasteiger partial charge in [0.1, 0.15) is 4.47 Å². The van der Waals surface area contributed by atoms with Crippen LogP contribution in [0.3, 0.4) is 0 Å². The van der Waals surface area contributed by atoms with Crippen LogP contribution in [0.1, 0.15) is 33.1 Å². The molecule has 0 atom stereocenters. The highest BCUT2D eigenvalue weighted by Gasteiger charge is 2.28. The molecule has 0 bridgehead atoms. The molecule has 1 aliphatic rings. The Morgan fingerprint density at radius 2 is 2.10 bits per heavy atom. The minimum atomic E-state index is -0.0598. The predicted octanol–water partition coefficient (Wildman–Crippen LogP) is 2.56. The summed E-state index contributed by atoms with van der Waals surface area (Å²) in [4.78, 5) is 14.5. The lowest BCUT2D eigenvalue weighted by Gasteiger charge is -2.38. The zero-order valence-corrected chi connectivity index (χ0v) is 14.7. The molecular formula is C15H25BrN4O. The molecule has 5 nitrogen and oxygen atoms in total. The van der Waals surface area contributed by atoms with Gasteiger partial charge in [0, 0.05) is 13.1 Å². The summed E-state index contributed by atoms with van der Waals surface area (Å²) >= 11 is 3.41. The van der Waals surface area contributed by atoms with Crippen LogP contribution in [0.15, 0.2) is 15.5 Å². The molecule has 1 fully saturated rings. The Morgan fingerprint density at radius 3 is 2.71 bits per heavy atom. The third-order valence-corrected chi connectivity index (χ3v) is 5.09. The molecule has 1 N–H and O–H groups in total. The zero-order chi connectivity index (χ0) is 15.5.